The molecular formula is C16H24N4O3S2. The summed E-state index contributed by atoms with van der Waals surface area (Å²) in [4.78, 5) is 12.1. The zero-order valence-corrected chi connectivity index (χ0v) is 16.5. The van der Waals surface area contributed by atoms with E-state index in [9.17, 15) is 13.2 Å². The lowest BCUT2D eigenvalue weighted by Gasteiger charge is -2.17. The van der Waals surface area contributed by atoms with Gasteiger partial charge in [0.1, 0.15) is 4.21 Å². The zero-order chi connectivity index (χ0) is 18.6. The van der Waals surface area contributed by atoms with Crippen molar-refractivity contribution in [3.8, 4) is 0 Å². The van der Waals surface area contributed by atoms with E-state index in [1.54, 1.807) is 11.4 Å². The molecule has 9 heteroatoms. The van der Waals surface area contributed by atoms with E-state index in [1.807, 2.05) is 31.5 Å². The maximum Gasteiger partial charge on any atom is 0.252 e. The molecule has 138 valence electrons. The quantitative estimate of drug-likeness (QED) is 0.750. The van der Waals surface area contributed by atoms with Crippen LogP contribution in [0.15, 0.2) is 27.8 Å². The molecule has 0 bridgehead atoms. The molecule has 2 aromatic heterocycles. The fourth-order valence-electron chi connectivity index (χ4n) is 2.41. The monoisotopic (exact) mass is 384 g/mol. The number of aryl methyl sites for hydroxylation is 2. The predicted molar refractivity (Wildman–Crippen MR) is 98.0 cm³/mol. The van der Waals surface area contributed by atoms with Crippen LogP contribution in [0.5, 0.6) is 0 Å². The van der Waals surface area contributed by atoms with Gasteiger partial charge in [0.05, 0.1) is 12.2 Å². The van der Waals surface area contributed by atoms with Gasteiger partial charge in [-0.05, 0) is 37.3 Å². The summed E-state index contributed by atoms with van der Waals surface area (Å²) in [5.74, 6) is -0.135. The third-order valence-corrected chi connectivity index (χ3v) is 6.94. The number of carbonyl (C=O) groups excluding carboxylic acids is 1. The fourth-order valence-corrected chi connectivity index (χ4v) is 4.74. The van der Waals surface area contributed by atoms with Gasteiger partial charge in [0.15, 0.2) is 0 Å². The number of sulfonamides is 1. The van der Waals surface area contributed by atoms with Crippen molar-refractivity contribution in [2.75, 3.05) is 20.1 Å². The first-order chi connectivity index (χ1) is 11.7. The molecular weight excluding hydrogens is 360 g/mol. The highest BCUT2D eigenvalue weighted by Gasteiger charge is 2.23. The molecule has 0 spiro atoms. The largest absolute Gasteiger partial charge is 0.355 e. The first-order valence-corrected chi connectivity index (χ1v) is 10.3. The van der Waals surface area contributed by atoms with Crippen LogP contribution in [0.4, 0.5) is 0 Å². The smallest absolute Gasteiger partial charge is 0.252 e. The highest BCUT2D eigenvalue weighted by atomic mass is 32.2. The number of likely N-dealkylation sites (N-methyl/N-ethyl adjacent to an activating group) is 1. The van der Waals surface area contributed by atoms with Gasteiger partial charge in [-0.25, -0.2) is 8.42 Å². The van der Waals surface area contributed by atoms with E-state index in [2.05, 4.69) is 10.4 Å². The number of hydrogen-bond acceptors (Lipinski definition) is 5. The molecule has 25 heavy (non-hydrogen) atoms. The van der Waals surface area contributed by atoms with Crippen molar-refractivity contribution in [2.24, 2.45) is 5.92 Å². The molecule has 1 unspecified atom stereocenters. The third kappa shape index (κ3) is 5.13. The second-order valence-corrected chi connectivity index (χ2v) is 9.43. The average Bonchev–Trinajstić information content (AvgIpc) is 3.16. The number of nitrogens with one attached hydrogen (secondary N) is 1. The van der Waals surface area contributed by atoms with Crippen molar-refractivity contribution in [3.63, 3.8) is 0 Å². The molecule has 0 saturated carbocycles. The third-order valence-electron chi connectivity index (χ3n) is 3.76. The number of aromatic nitrogens is 2. The minimum absolute atomic E-state index is 0.182. The van der Waals surface area contributed by atoms with Gasteiger partial charge in [0.2, 0.25) is 5.91 Å². The highest BCUT2D eigenvalue weighted by Crippen LogP contribution is 2.19. The molecule has 0 aliphatic heterocycles. The Morgan fingerprint density at radius 2 is 2.16 bits per heavy atom. The lowest BCUT2D eigenvalue weighted by atomic mass is 10.2. The molecule has 2 rings (SSSR count). The van der Waals surface area contributed by atoms with Crippen LogP contribution in [0.3, 0.4) is 0 Å². The molecule has 0 radical (unpaired) electrons. The molecule has 0 saturated heterocycles. The summed E-state index contributed by atoms with van der Waals surface area (Å²) < 4.78 is 27.8. The fraction of sp³-hybridized carbons (Fsp3) is 0.500. The van der Waals surface area contributed by atoms with Crippen molar-refractivity contribution in [1.82, 2.24) is 19.4 Å². The summed E-state index contributed by atoms with van der Waals surface area (Å²) in [7, 11) is -2.19. The number of carbonyl (C=O) groups is 1. The summed E-state index contributed by atoms with van der Waals surface area (Å²) in [6.45, 7) is 6.92. The van der Waals surface area contributed by atoms with Gasteiger partial charge in [-0.2, -0.15) is 9.40 Å². The molecule has 1 N–H and O–H groups in total. The van der Waals surface area contributed by atoms with E-state index in [1.165, 1.54) is 13.1 Å². The average molecular weight is 385 g/mol. The summed E-state index contributed by atoms with van der Waals surface area (Å²) in [6, 6.07) is 5.21. The molecule has 2 heterocycles. The molecule has 0 aliphatic carbocycles. The molecule has 1 amide bonds. The molecule has 1 atom stereocenters. The van der Waals surface area contributed by atoms with Crippen LogP contribution in [0, 0.1) is 19.8 Å². The van der Waals surface area contributed by atoms with Gasteiger partial charge in [-0.15, -0.1) is 11.3 Å². The predicted octanol–water partition coefficient (Wildman–Crippen LogP) is 1.63. The van der Waals surface area contributed by atoms with E-state index in [4.69, 9.17) is 0 Å². The van der Waals surface area contributed by atoms with E-state index in [0.717, 1.165) is 27.0 Å². The maximum absolute atomic E-state index is 12.3. The highest BCUT2D eigenvalue weighted by molar-refractivity contribution is 7.91. The van der Waals surface area contributed by atoms with E-state index in [0.29, 0.717) is 13.1 Å². The van der Waals surface area contributed by atoms with Gasteiger partial charge >= 0.3 is 0 Å². The lowest BCUT2D eigenvalue weighted by molar-refractivity contribution is -0.121. The minimum Gasteiger partial charge on any atom is -0.355 e. The summed E-state index contributed by atoms with van der Waals surface area (Å²) in [5.41, 5.74) is 2.05. The van der Waals surface area contributed by atoms with Gasteiger partial charge in [-0.1, -0.05) is 13.0 Å². The van der Waals surface area contributed by atoms with Crippen LogP contribution in [0.25, 0.3) is 0 Å². The molecule has 0 aliphatic rings. The van der Waals surface area contributed by atoms with Gasteiger partial charge < -0.3 is 5.32 Å². The standard InChI is InChI=1S/C16H24N4O3S2/c1-12(10-20-14(3)8-13(2)18-20)9-17-15(21)11-19(4)25(22,23)16-6-5-7-24-16/h5-8,12H,9-11H2,1-4H3,(H,17,21). The Morgan fingerprint density at radius 3 is 2.72 bits per heavy atom. The SMILES string of the molecule is Cc1cc(C)n(CC(C)CNC(=O)CN(C)S(=O)(=O)c2cccs2)n1. The Morgan fingerprint density at radius 1 is 1.44 bits per heavy atom. The first kappa shape index (κ1) is 19.6. The minimum atomic E-state index is -3.60. The van der Waals surface area contributed by atoms with Crippen LogP contribution in [0.2, 0.25) is 0 Å². The summed E-state index contributed by atoms with van der Waals surface area (Å²) in [6.07, 6.45) is 0. The second kappa shape index (κ2) is 8.11. The Labute approximate surface area is 152 Å². The van der Waals surface area contributed by atoms with E-state index in [-0.39, 0.29) is 22.6 Å². The number of rotatable bonds is 8. The normalized spacial score (nSPS) is 13.2. The first-order valence-electron chi connectivity index (χ1n) is 7.97. The molecule has 2 aromatic rings. The summed E-state index contributed by atoms with van der Waals surface area (Å²) in [5, 5.41) is 8.89. The zero-order valence-electron chi connectivity index (χ0n) is 14.9. The van der Waals surface area contributed by atoms with Gasteiger partial charge in [-0.3, -0.25) is 9.48 Å². The lowest BCUT2D eigenvalue weighted by Crippen LogP contribution is -2.40. The Bertz CT molecular complexity index is 813. The van der Waals surface area contributed by atoms with Crippen molar-refractivity contribution >= 4 is 27.3 Å². The molecule has 0 aromatic carbocycles. The van der Waals surface area contributed by atoms with Gasteiger partial charge in [0.25, 0.3) is 10.0 Å². The molecule has 0 fully saturated rings. The van der Waals surface area contributed by atoms with Gasteiger partial charge in [0, 0.05) is 25.8 Å². The van der Waals surface area contributed by atoms with Crippen LogP contribution in [-0.4, -0.2) is 48.5 Å². The van der Waals surface area contributed by atoms with E-state index < -0.39 is 10.0 Å². The Balaban J connectivity index is 1.83. The molecule has 7 nitrogen and oxygen atoms in total. The number of hydrogen-bond donors (Lipinski definition) is 1. The number of amides is 1. The topological polar surface area (TPSA) is 84.3 Å². The number of thiophene rings is 1. The van der Waals surface area contributed by atoms with Crippen molar-refractivity contribution in [3.05, 3.63) is 35.0 Å². The Kier molecular flexibility index (Phi) is 6.36. The second-order valence-electron chi connectivity index (χ2n) is 6.21. The van der Waals surface area contributed by atoms with Crippen molar-refractivity contribution in [1.29, 1.82) is 0 Å². The van der Waals surface area contributed by atoms with Crippen molar-refractivity contribution in [2.45, 2.75) is 31.5 Å². The Hall–Kier alpha value is -1.71. The summed E-state index contributed by atoms with van der Waals surface area (Å²) >= 11 is 1.14. The van der Waals surface area contributed by atoms with Crippen LogP contribution in [-0.2, 0) is 21.4 Å². The van der Waals surface area contributed by atoms with Crippen LogP contribution in [0.1, 0.15) is 18.3 Å². The van der Waals surface area contributed by atoms with Crippen LogP contribution < -0.4 is 5.32 Å². The van der Waals surface area contributed by atoms with Crippen LogP contribution >= 0.6 is 11.3 Å². The van der Waals surface area contributed by atoms with Crippen molar-refractivity contribution < 1.29 is 13.2 Å². The maximum atomic E-state index is 12.3. The number of nitrogens with zero attached hydrogens (tertiary/aromatic N) is 3. The van der Waals surface area contributed by atoms with E-state index >= 15 is 0 Å².